The number of hydrogen-bond donors (Lipinski definition) is 4. The van der Waals surface area contributed by atoms with Crippen LogP contribution in [-0.4, -0.2) is 32.5 Å². The Bertz CT molecular complexity index is 1610. The minimum atomic E-state index is -3.79. The second kappa shape index (κ2) is 14.3. The average molecular weight is 598 g/mol. The Hall–Kier alpha value is -4.21. The lowest BCUT2D eigenvalue weighted by Gasteiger charge is -2.25. The number of fused-ring (bicyclic) bond motifs is 1. The number of nitrogens with zero attached hydrogens (tertiary/aromatic N) is 1. The molecule has 0 spiro atoms. The van der Waals surface area contributed by atoms with Crippen molar-refractivity contribution < 1.29 is 13.2 Å². The number of aromatic nitrogens is 1. The van der Waals surface area contributed by atoms with E-state index in [4.69, 9.17) is 0 Å². The fourth-order valence-electron chi connectivity index (χ4n) is 5.28. The van der Waals surface area contributed by atoms with Crippen LogP contribution in [0.15, 0.2) is 96.0 Å². The molecule has 1 aromatic heterocycles. The molecule has 5 rings (SSSR count). The summed E-state index contributed by atoms with van der Waals surface area (Å²) >= 11 is 0. The van der Waals surface area contributed by atoms with E-state index in [1.807, 2.05) is 24.4 Å². The topological polar surface area (TPSA) is 112 Å². The van der Waals surface area contributed by atoms with Crippen molar-refractivity contribution in [3.63, 3.8) is 0 Å². The highest BCUT2D eigenvalue weighted by atomic mass is 32.2. The molecule has 1 aliphatic heterocycles. The molecular weight excluding hydrogens is 558 g/mol. The molecule has 0 bridgehead atoms. The summed E-state index contributed by atoms with van der Waals surface area (Å²) in [6, 6.07) is 26.0. The Morgan fingerprint density at radius 2 is 1.58 bits per heavy atom. The summed E-state index contributed by atoms with van der Waals surface area (Å²) in [5.41, 5.74) is 6.74. The number of unbranched alkanes of at least 4 members (excludes halogenated alkanes) is 3. The first kappa shape index (κ1) is 30.3. The van der Waals surface area contributed by atoms with Crippen molar-refractivity contribution in [2.45, 2.75) is 56.4 Å². The Morgan fingerprint density at radius 1 is 0.884 bits per heavy atom. The smallest absolute Gasteiger partial charge is 0.319 e. The monoisotopic (exact) mass is 597 g/mol. The van der Waals surface area contributed by atoms with Crippen LogP contribution in [0.2, 0.25) is 0 Å². The number of hydrogen-bond acceptors (Lipinski definition) is 5. The Balaban J connectivity index is 1.15. The van der Waals surface area contributed by atoms with Gasteiger partial charge in [-0.15, -0.1) is 0 Å². The van der Waals surface area contributed by atoms with Crippen LogP contribution in [0.4, 0.5) is 16.2 Å². The van der Waals surface area contributed by atoms with Gasteiger partial charge in [-0.2, -0.15) is 0 Å². The number of urea groups is 1. The normalized spacial score (nSPS) is 14.5. The Labute approximate surface area is 254 Å². The van der Waals surface area contributed by atoms with E-state index in [0.717, 1.165) is 61.9 Å². The predicted octanol–water partition coefficient (Wildman–Crippen LogP) is 6.68. The molecule has 0 saturated carbocycles. The minimum Gasteiger partial charge on any atom is -0.338 e. The molecule has 4 N–H and O–H groups in total. The van der Waals surface area contributed by atoms with Gasteiger partial charge in [-0.1, -0.05) is 68.7 Å². The van der Waals surface area contributed by atoms with Crippen molar-refractivity contribution in [2.75, 3.05) is 23.1 Å². The first-order chi connectivity index (χ1) is 20.9. The van der Waals surface area contributed by atoms with Gasteiger partial charge in [-0.3, -0.25) is 9.71 Å². The molecular formula is C34H39N5O3S. The van der Waals surface area contributed by atoms with E-state index in [1.165, 1.54) is 23.3 Å². The van der Waals surface area contributed by atoms with Crippen LogP contribution in [0.25, 0.3) is 11.1 Å². The van der Waals surface area contributed by atoms with Gasteiger partial charge in [0.2, 0.25) is 0 Å². The minimum absolute atomic E-state index is 0.114. The van der Waals surface area contributed by atoms with Crippen LogP contribution in [0.5, 0.6) is 0 Å². The maximum atomic E-state index is 13.0. The van der Waals surface area contributed by atoms with Crippen molar-refractivity contribution in [3.8, 4) is 11.1 Å². The highest BCUT2D eigenvalue weighted by molar-refractivity contribution is 7.92. The van der Waals surface area contributed by atoms with Crippen LogP contribution in [0, 0.1) is 0 Å². The van der Waals surface area contributed by atoms with Gasteiger partial charge in [0.25, 0.3) is 10.0 Å². The molecule has 1 unspecified atom stereocenters. The van der Waals surface area contributed by atoms with Gasteiger partial charge in [0.15, 0.2) is 0 Å². The summed E-state index contributed by atoms with van der Waals surface area (Å²) in [5.74, 6) is 0. The van der Waals surface area contributed by atoms with Crippen molar-refractivity contribution >= 4 is 27.4 Å². The molecule has 9 heteroatoms. The van der Waals surface area contributed by atoms with E-state index in [9.17, 15) is 13.2 Å². The molecule has 43 heavy (non-hydrogen) atoms. The van der Waals surface area contributed by atoms with Gasteiger partial charge in [-0.05, 0) is 90.5 Å². The zero-order valence-electron chi connectivity index (χ0n) is 24.5. The Morgan fingerprint density at radius 3 is 2.30 bits per heavy atom. The maximum absolute atomic E-state index is 13.0. The quantitative estimate of drug-likeness (QED) is 0.136. The molecule has 1 atom stereocenters. The lowest BCUT2D eigenvalue weighted by molar-refractivity contribution is 0.252. The SMILES string of the molecule is CCCCCCNC(=O)Nc1ccc(S(=O)(=O)Nc2ccc(-c3ccc(CC4NCCc5cccnc54)cc3)cc2)cc1. The third-order valence-electron chi connectivity index (χ3n) is 7.64. The first-order valence-corrected chi connectivity index (χ1v) is 16.4. The number of carbonyl (C=O) groups excluding carboxylic acids is 1. The van der Waals surface area contributed by atoms with E-state index in [0.29, 0.717) is 17.9 Å². The van der Waals surface area contributed by atoms with Gasteiger partial charge in [-0.25, -0.2) is 13.2 Å². The molecule has 224 valence electrons. The number of sulfonamides is 1. The zero-order valence-corrected chi connectivity index (χ0v) is 25.3. The van der Waals surface area contributed by atoms with Crippen molar-refractivity contribution in [3.05, 3.63) is 108 Å². The lowest BCUT2D eigenvalue weighted by Crippen LogP contribution is -2.32. The van der Waals surface area contributed by atoms with E-state index in [2.05, 4.69) is 62.9 Å². The molecule has 0 aliphatic carbocycles. The molecule has 0 fully saturated rings. The van der Waals surface area contributed by atoms with E-state index in [-0.39, 0.29) is 17.0 Å². The molecule has 2 amide bonds. The largest absolute Gasteiger partial charge is 0.338 e. The van der Waals surface area contributed by atoms with Crippen LogP contribution < -0.4 is 20.7 Å². The molecule has 3 aromatic carbocycles. The fraction of sp³-hybridized carbons (Fsp3) is 0.294. The number of benzene rings is 3. The van der Waals surface area contributed by atoms with Crippen LogP contribution in [0.1, 0.15) is 55.5 Å². The lowest BCUT2D eigenvalue weighted by atomic mass is 9.94. The van der Waals surface area contributed by atoms with Gasteiger partial charge in [0.1, 0.15) is 0 Å². The summed E-state index contributed by atoms with van der Waals surface area (Å²) < 4.78 is 28.6. The van der Waals surface area contributed by atoms with Crippen molar-refractivity contribution in [1.82, 2.24) is 15.6 Å². The number of rotatable bonds is 12. The van der Waals surface area contributed by atoms with Crippen molar-refractivity contribution in [1.29, 1.82) is 0 Å². The van der Waals surface area contributed by atoms with Gasteiger partial charge < -0.3 is 16.0 Å². The third kappa shape index (κ3) is 8.21. The molecule has 2 heterocycles. The number of pyridine rings is 1. The number of anilines is 2. The second-order valence-electron chi connectivity index (χ2n) is 10.9. The summed E-state index contributed by atoms with van der Waals surface area (Å²) in [4.78, 5) is 16.8. The summed E-state index contributed by atoms with van der Waals surface area (Å²) in [6.45, 7) is 3.71. The van der Waals surface area contributed by atoms with Crippen molar-refractivity contribution in [2.24, 2.45) is 0 Å². The molecule has 0 saturated heterocycles. The van der Waals surface area contributed by atoms with E-state index < -0.39 is 10.0 Å². The third-order valence-corrected chi connectivity index (χ3v) is 9.04. The highest BCUT2D eigenvalue weighted by Crippen LogP contribution is 2.27. The summed E-state index contributed by atoms with van der Waals surface area (Å²) in [7, 11) is -3.79. The predicted molar refractivity (Wildman–Crippen MR) is 173 cm³/mol. The first-order valence-electron chi connectivity index (χ1n) is 15.0. The van der Waals surface area contributed by atoms with E-state index >= 15 is 0 Å². The number of carbonyl (C=O) groups is 1. The number of nitrogens with one attached hydrogen (secondary N) is 4. The molecule has 1 aliphatic rings. The summed E-state index contributed by atoms with van der Waals surface area (Å²) in [5, 5.41) is 9.15. The summed E-state index contributed by atoms with van der Waals surface area (Å²) in [6.07, 6.45) is 8.05. The fourth-order valence-corrected chi connectivity index (χ4v) is 6.34. The second-order valence-corrected chi connectivity index (χ2v) is 12.5. The standard InChI is InChI=1S/C34H39N5O3S/c1-2-3-4-5-21-37-34(40)38-29-16-18-31(19-17-29)43(41,42)39-30-14-12-27(13-15-30)26-10-8-25(9-11-26)24-32-33-28(20-23-35-32)7-6-22-36-33/h6-19,22,32,35,39H,2-5,20-21,23-24H2,1H3,(H2,37,38,40). The average Bonchev–Trinajstić information content (AvgIpc) is 3.02. The van der Waals surface area contributed by atoms with Crippen LogP contribution in [0.3, 0.4) is 0 Å². The molecule has 4 aromatic rings. The van der Waals surface area contributed by atoms with Gasteiger partial charge in [0.05, 0.1) is 16.6 Å². The number of amides is 2. The maximum Gasteiger partial charge on any atom is 0.319 e. The molecule has 8 nitrogen and oxygen atoms in total. The van der Waals surface area contributed by atoms with Gasteiger partial charge >= 0.3 is 6.03 Å². The Kier molecular flexibility index (Phi) is 10.1. The highest BCUT2D eigenvalue weighted by Gasteiger charge is 2.21. The zero-order chi connectivity index (χ0) is 30.1. The molecule has 0 radical (unpaired) electrons. The van der Waals surface area contributed by atoms with E-state index in [1.54, 1.807) is 24.3 Å². The van der Waals surface area contributed by atoms with Gasteiger partial charge in [0, 0.05) is 24.1 Å². The van der Waals surface area contributed by atoms with Crippen LogP contribution in [-0.2, 0) is 22.9 Å². The van der Waals surface area contributed by atoms with Crippen LogP contribution >= 0.6 is 0 Å².